The predicted molar refractivity (Wildman–Crippen MR) is 150 cm³/mol. The first-order chi connectivity index (χ1) is 18.0. The molecule has 3 aromatic rings. The quantitative estimate of drug-likeness (QED) is 0.312. The lowest BCUT2D eigenvalue weighted by molar-refractivity contribution is -0.0777. The molecule has 1 aliphatic heterocycles. The molecule has 0 saturated carbocycles. The van der Waals surface area contributed by atoms with E-state index in [1.54, 1.807) is 35.2 Å². The molecule has 1 N–H and O–H groups in total. The van der Waals surface area contributed by atoms with Crippen LogP contribution in [0.15, 0.2) is 71.6 Å². The van der Waals surface area contributed by atoms with Gasteiger partial charge < -0.3 is 14.4 Å². The van der Waals surface area contributed by atoms with E-state index in [-0.39, 0.29) is 33.7 Å². The van der Waals surface area contributed by atoms with Gasteiger partial charge in [-0.25, -0.2) is 8.42 Å². The van der Waals surface area contributed by atoms with Crippen LogP contribution in [0.3, 0.4) is 0 Å². The molecule has 7 nitrogen and oxygen atoms in total. The Hall–Kier alpha value is -2.78. The Labute approximate surface area is 233 Å². The highest BCUT2D eigenvalue weighted by atomic mass is 35.5. The molecule has 0 spiro atoms. The number of ether oxygens (including phenoxy) is 2. The van der Waals surface area contributed by atoms with Crippen molar-refractivity contribution in [2.75, 3.05) is 17.9 Å². The molecule has 1 heterocycles. The summed E-state index contributed by atoms with van der Waals surface area (Å²) < 4.78 is 40.7. The fraction of sp³-hybridized carbons (Fsp3) is 0.321. The van der Waals surface area contributed by atoms with Gasteiger partial charge in [0.2, 0.25) is 0 Å². The van der Waals surface area contributed by atoms with Gasteiger partial charge in [0.05, 0.1) is 26.8 Å². The molecule has 1 saturated heterocycles. The van der Waals surface area contributed by atoms with Crippen molar-refractivity contribution in [1.82, 2.24) is 4.90 Å². The van der Waals surface area contributed by atoms with Crippen LogP contribution in [-0.4, -0.2) is 44.0 Å². The third kappa shape index (κ3) is 6.61. The number of nitrogens with one attached hydrogen (secondary N) is 1. The van der Waals surface area contributed by atoms with E-state index in [4.69, 9.17) is 32.7 Å². The summed E-state index contributed by atoms with van der Waals surface area (Å²) in [5.41, 5.74) is -0.0108. The number of hydrogen-bond donors (Lipinski definition) is 1. The van der Waals surface area contributed by atoms with Gasteiger partial charge in [-0.2, -0.15) is 0 Å². The highest BCUT2D eigenvalue weighted by Gasteiger charge is 2.35. The van der Waals surface area contributed by atoms with Crippen molar-refractivity contribution in [3.8, 4) is 11.5 Å². The normalized spacial score (nSPS) is 17.0. The zero-order valence-electron chi connectivity index (χ0n) is 21.4. The second-order valence-electron chi connectivity index (χ2n) is 9.65. The highest BCUT2D eigenvalue weighted by molar-refractivity contribution is 7.92. The number of nitrogens with zero attached hydrogens (tertiary/aromatic N) is 1. The van der Waals surface area contributed by atoms with Crippen LogP contribution in [0.1, 0.15) is 44.0 Å². The molecule has 1 fully saturated rings. The molecular formula is C28H30Cl2N2O5S. The van der Waals surface area contributed by atoms with Gasteiger partial charge in [0.1, 0.15) is 11.5 Å². The van der Waals surface area contributed by atoms with E-state index in [0.29, 0.717) is 47.5 Å². The molecule has 3 aromatic carbocycles. The molecule has 38 heavy (non-hydrogen) atoms. The molecule has 0 bridgehead atoms. The van der Waals surface area contributed by atoms with Gasteiger partial charge in [-0.05, 0) is 88.2 Å². The Balaban J connectivity index is 1.56. The molecule has 202 valence electrons. The third-order valence-corrected chi connectivity index (χ3v) is 8.30. The van der Waals surface area contributed by atoms with Crippen molar-refractivity contribution < 1.29 is 22.7 Å². The summed E-state index contributed by atoms with van der Waals surface area (Å²) in [7, 11) is -4.02. The molecule has 4 rings (SSSR count). The Morgan fingerprint density at radius 3 is 2.47 bits per heavy atom. The Morgan fingerprint density at radius 2 is 1.82 bits per heavy atom. The summed E-state index contributed by atoms with van der Waals surface area (Å²) in [6.07, 6.45) is 1.38. The smallest absolute Gasteiger partial charge is 0.261 e. The number of para-hydroxylation sites is 1. The summed E-state index contributed by atoms with van der Waals surface area (Å²) in [6.45, 7) is 6.92. The first-order valence-electron chi connectivity index (χ1n) is 12.3. The van der Waals surface area contributed by atoms with Gasteiger partial charge in [-0.1, -0.05) is 35.3 Å². The number of halogens is 2. The second kappa shape index (κ2) is 11.5. The number of anilines is 1. The lowest BCUT2D eigenvalue weighted by Gasteiger charge is -2.41. The van der Waals surface area contributed by atoms with Crippen LogP contribution in [0.2, 0.25) is 10.0 Å². The van der Waals surface area contributed by atoms with Crippen molar-refractivity contribution in [2.45, 2.75) is 50.2 Å². The summed E-state index contributed by atoms with van der Waals surface area (Å²) >= 11 is 12.4. The van der Waals surface area contributed by atoms with Crippen molar-refractivity contribution >= 4 is 44.8 Å². The molecule has 1 amide bonds. The molecule has 0 aromatic heterocycles. The van der Waals surface area contributed by atoms with Crippen molar-refractivity contribution in [1.29, 1.82) is 0 Å². The molecule has 0 aliphatic carbocycles. The fourth-order valence-corrected chi connectivity index (χ4v) is 5.94. The third-order valence-electron chi connectivity index (χ3n) is 6.37. The lowest BCUT2D eigenvalue weighted by atomic mass is 9.92. The Morgan fingerprint density at radius 1 is 1.11 bits per heavy atom. The van der Waals surface area contributed by atoms with Gasteiger partial charge in [0, 0.05) is 24.2 Å². The second-order valence-corrected chi connectivity index (χ2v) is 12.2. The van der Waals surface area contributed by atoms with E-state index >= 15 is 0 Å². The lowest BCUT2D eigenvalue weighted by Crippen LogP contribution is -2.48. The number of sulfonamides is 1. The van der Waals surface area contributed by atoms with Gasteiger partial charge >= 0.3 is 0 Å². The number of hydrogen-bond acceptors (Lipinski definition) is 5. The van der Waals surface area contributed by atoms with Gasteiger partial charge in [-0.15, -0.1) is 0 Å². The molecule has 10 heteroatoms. The summed E-state index contributed by atoms with van der Waals surface area (Å²) in [5, 5.41) is 0.775. The fourth-order valence-electron chi connectivity index (χ4n) is 4.52. The molecule has 1 atom stereocenters. The number of benzene rings is 3. The van der Waals surface area contributed by atoms with Crippen LogP contribution in [-0.2, 0) is 14.8 Å². The Kier molecular flexibility index (Phi) is 8.57. The maximum absolute atomic E-state index is 13.7. The molecular weight excluding hydrogens is 547 g/mol. The average molecular weight is 578 g/mol. The number of carbonyl (C=O) groups excluding carboxylic acids is 1. The predicted octanol–water partition coefficient (Wildman–Crippen LogP) is 7.01. The maximum atomic E-state index is 13.7. The number of rotatable bonds is 8. The van der Waals surface area contributed by atoms with Gasteiger partial charge in [0.15, 0.2) is 0 Å². The van der Waals surface area contributed by atoms with Crippen molar-refractivity contribution in [3.63, 3.8) is 0 Å². The van der Waals surface area contributed by atoms with Crippen molar-refractivity contribution in [2.24, 2.45) is 0 Å². The molecule has 0 radical (unpaired) electrons. The molecule has 0 unspecified atom stereocenters. The van der Waals surface area contributed by atoms with Crippen LogP contribution in [0.5, 0.6) is 11.5 Å². The van der Waals surface area contributed by atoms with Crippen LogP contribution >= 0.6 is 23.2 Å². The van der Waals surface area contributed by atoms with E-state index < -0.39 is 10.0 Å². The van der Waals surface area contributed by atoms with Crippen LogP contribution in [0, 0.1) is 0 Å². The SMILES string of the molecule is CCN(C(=O)c1cc(Cl)ccc1NS(=O)(=O)c1ccc(Oc2ccccc2Cl)cc1)[C@H]1CCOC(C)(C)C1. The first-order valence-corrected chi connectivity index (χ1v) is 14.5. The first kappa shape index (κ1) is 28.2. The van der Waals surface area contributed by atoms with E-state index in [1.165, 1.54) is 36.4 Å². The summed E-state index contributed by atoms with van der Waals surface area (Å²) in [5.74, 6) is 0.594. The van der Waals surface area contributed by atoms with Gasteiger partial charge in [0.25, 0.3) is 15.9 Å². The minimum atomic E-state index is -4.02. The number of amides is 1. The standard InChI is InChI=1S/C28H30Cl2N2O5S/c1-4-32(20-15-16-36-28(2,3)18-20)27(33)23-17-19(29)9-14-25(23)31-38(34,35)22-12-10-21(11-13-22)37-26-8-6-5-7-24(26)30/h5-14,17,20,31H,4,15-16,18H2,1-3H3/t20-/m0/s1. The minimum Gasteiger partial charge on any atom is -0.456 e. The maximum Gasteiger partial charge on any atom is 0.261 e. The van der Waals surface area contributed by atoms with Crippen molar-refractivity contribution in [3.05, 3.63) is 82.3 Å². The summed E-state index contributed by atoms with van der Waals surface area (Å²) in [4.78, 5) is 15.5. The minimum absolute atomic E-state index is 0.0101. The van der Waals surface area contributed by atoms with E-state index in [1.807, 2.05) is 20.8 Å². The van der Waals surface area contributed by atoms with E-state index in [2.05, 4.69) is 4.72 Å². The summed E-state index contributed by atoms with van der Waals surface area (Å²) in [6, 6.07) is 17.4. The topological polar surface area (TPSA) is 84.9 Å². The zero-order chi connectivity index (χ0) is 27.5. The zero-order valence-corrected chi connectivity index (χ0v) is 23.7. The van der Waals surface area contributed by atoms with Gasteiger partial charge in [-0.3, -0.25) is 9.52 Å². The number of carbonyl (C=O) groups is 1. The highest BCUT2D eigenvalue weighted by Crippen LogP contribution is 2.32. The van der Waals surface area contributed by atoms with Crippen LogP contribution < -0.4 is 9.46 Å². The Bertz CT molecular complexity index is 1410. The van der Waals surface area contributed by atoms with Crippen LogP contribution in [0.4, 0.5) is 5.69 Å². The van der Waals surface area contributed by atoms with E-state index in [9.17, 15) is 13.2 Å². The van der Waals surface area contributed by atoms with E-state index in [0.717, 1.165) is 0 Å². The monoisotopic (exact) mass is 576 g/mol. The van der Waals surface area contributed by atoms with Crippen LogP contribution in [0.25, 0.3) is 0 Å². The molecule has 1 aliphatic rings. The largest absolute Gasteiger partial charge is 0.456 e. The average Bonchev–Trinajstić information content (AvgIpc) is 2.86.